The van der Waals surface area contributed by atoms with E-state index in [1.165, 1.54) is 32.4 Å². The number of anilines is 1. The van der Waals surface area contributed by atoms with Crippen LogP contribution in [-0.2, 0) is 4.79 Å². The van der Waals surface area contributed by atoms with Crippen LogP contribution in [0.15, 0.2) is 36.4 Å². The Kier molecular flexibility index (Phi) is 5.65. The van der Waals surface area contributed by atoms with E-state index in [-0.39, 0.29) is 11.6 Å². The molecule has 7 heteroatoms. The van der Waals surface area contributed by atoms with Gasteiger partial charge in [0, 0.05) is 12.1 Å². The highest BCUT2D eigenvalue weighted by molar-refractivity contribution is 6.30. The number of rotatable bonds is 6. The van der Waals surface area contributed by atoms with Gasteiger partial charge in [-0.05, 0) is 24.3 Å². The summed E-state index contributed by atoms with van der Waals surface area (Å²) in [5, 5.41) is 2.58. The van der Waals surface area contributed by atoms with Gasteiger partial charge in [0.2, 0.25) is 0 Å². The molecule has 5 nitrogen and oxygen atoms in total. The van der Waals surface area contributed by atoms with E-state index in [4.69, 9.17) is 25.8 Å². The Bertz CT molecular complexity index is 708. The lowest BCUT2D eigenvalue weighted by Crippen LogP contribution is -2.20. The van der Waals surface area contributed by atoms with Crippen molar-refractivity contribution in [2.75, 3.05) is 26.1 Å². The van der Waals surface area contributed by atoms with Crippen molar-refractivity contribution in [1.29, 1.82) is 0 Å². The molecule has 0 aromatic heterocycles. The summed E-state index contributed by atoms with van der Waals surface area (Å²) in [6.07, 6.45) is 0. The minimum Gasteiger partial charge on any atom is -0.497 e. The van der Waals surface area contributed by atoms with Gasteiger partial charge in [-0.3, -0.25) is 4.79 Å². The first-order valence-corrected chi connectivity index (χ1v) is 7.01. The van der Waals surface area contributed by atoms with Crippen molar-refractivity contribution in [2.45, 2.75) is 0 Å². The first-order valence-electron chi connectivity index (χ1n) is 6.63. The van der Waals surface area contributed by atoms with Gasteiger partial charge in [-0.1, -0.05) is 11.6 Å². The topological polar surface area (TPSA) is 56.8 Å². The van der Waals surface area contributed by atoms with Gasteiger partial charge in [-0.15, -0.1) is 0 Å². The van der Waals surface area contributed by atoms with Crippen LogP contribution < -0.4 is 19.5 Å². The monoisotopic (exact) mass is 339 g/mol. The molecule has 0 radical (unpaired) electrons. The van der Waals surface area contributed by atoms with E-state index in [1.54, 1.807) is 18.2 Å². The number of hydrogen-bond acceptors (Lipinski definition) is 4. The summed E-state index contributed by atoms with van der Waals surface area (Å²) in [7, 11) is 3.02. The molecule has 0 saturated carbocycles. The van der Waals surface area contributed by atoms with Crippen LogP contribution in [0, 0.1) is 5.82 Å². The highest BCUT2D eigenvalue weighted by Gasteiger charge is 2.10. The molecule has 0 spiro atoms. The Morgan fingerprint density at radius 2 is 1.87 bits per heavy atom. The van der Waals surface area contributed by atoms with E-state index in [9.17, 15) is 9.18 Å². The summed E-state index contributed by atoms with van der Waals surface area (Å²) in [6.45, 7) is -0.262. The molecule has 2 aromatic rings. The summed E-state index contributed by atoms with van der Waals surface area (Å²) in [4.78, 5) is 12.0. The van der Waals surface area contributed by atoms with Crippen molar-refractivity contribution in [3.05, 3.63) is 47.2 Å². The Hall–Kier alpha value is -2.47. The molecule has 0 fully saturated rings. The van der Waals surface area contributed by atoms with Crippen molar-refractivity contribution < 1.29 is 23.4 Å². The van der Waals surface area contributed by atoms with Crippen molar-refractivity contribution in [3.63, 3.8) is 0 Å². The molecule has 23 heavy (non-hydrogen) atoms. The van der Waals surface area contributed by atoms with Crippen molar-refractivity contribution >= 4 is 23.2 Å². The molecule has 122 valence electrons. The number of benzene rings is 2. The molecule has 0 unspecified atom stereocenters. The fourth-order valence-electron chi connectivity index (χ4n) is 1.81. The molecule has 0 bridgehead atoms. The van der Waals surface area contributed by atoms with Crippen molar-refractivity contribution in [2.24, 2.45) is 0 Å². The summed E-state index contributed by atoms with van der Waals surface area (Å²) < 4.78 is 28.6. The second kappa shape index (κ2) is 7.69. The first kappa shape index (κ1) is 16.9. The zero-order chi connectivity index (χ0) is 16.8. The third-order valence-corrected chi connectivity index (χ3v) is 3.23. The number of amides is 1. The summed E-state index contributed by atoms with van der Waals surface area (Å²) in [5.41, 5.74) is 0.456. The minimum absolute atomic E-state index is 0.0719. The molecule has 0 atom stereocenters. The molecule has 0 aliphatic carbocycles. The van der Waals surface area contributed by atoms with Gasteiger partial charge in [-0.2, -0.15) is 0 Å². The fourth-order valence-corrected chi connectivity index (χ4v) is 1.98. The van der Waals surface area contributed by atoms with Crippen LogP contribution in [0.5, 0.6) is 17.2 Å². The predicted octanol–water partition coefficient (Wildman–Crippen LogP) is 3.51. The fraction of sp³-hybridized carbons (Fsp3) is 0.188. The van der Waals surface area contributed by atoms with Gasteiger partial charge in [0.05, 0.1) is 24.9 Å². The minimum atomic E-state index is -0.551. The van der Waals surface area contributed by atoms with Crippen molar-refractivity contribution in [1.82, 2.24) is 0 Å². The molecule has 0 heterocycles. The Labute approximate surface area is 137 Å². The molecule has 1 amide bonds. The maximum absolute atomic E-state index is 13.0. The number of methoxy groups -OCH3 is 2. The van der Waals surface area contributed by atoms with Crippen molar-refractivity contribution in [3.8, 4) is 17.2 Å². The van der Waals surface area contributed by atoms with E-state index in [1.807, 2.05) is 0 Å². The first-order chi connectivity index (χ1) is 11.0. The highest BCUT2D eigenvalue weighted by Crippen LogP contribution is 2.29. The maximum Gasteiger partial charge on any atom is 0.262 e. The van der Waals surface area contributed by atoms with E-state index < -0.39 is 11.7 Å². The summed E-state index contributed by atoms with van der Waals surface area (Å²) in [5.74, 6) is 0.405. The molecule has 0 aliphatic heterocycles. The van der Waals surface area contributed by atoms with Crippen LogP contribution in [-0.4, -0.2) is 26.7 Å². The van der Waals surface area contributed by atoms with Gasteiger partial charge in [0.1, 0.15) is 23.1 Å². The second-order valence-corrected chi connectivity index (χ2v) is 4.89. The summed E-state index contributed by atoms with van der Waals surface area (Å²) in [6, 6.07) is 8.88. The normalized spacial score (nSPS) is 10.1. The van der Waals surface area contributed by atoms with Crippen LogP contribution in [0.3, 0.4) is 0 Å². The van der Waals surface area contributed by atoms with E-state index in [0.29, 0.717) is 22.9 Å². The Balaban J connectivity index is 2.00. The standard InChI is InChI=1S/C16H15ClFNO4/c1-21-10-4-6-15(22-2)14(8-10)19-16(20)9-23-11-3-5-13(18)12(17)7-11/h3-8H,9H2,1-2H3,(H,19,20). The van der Waals surface area contributed by atoms with E-state index >= 15 is 0 Å². The zero-order valence-corrected chi connectivity index (χ0v) is 13.3. The van der Waals surface area contributed by atoms with Gasteiger partial charge in [0.25, 0.3) is 5.91 Å². The number of halogens is 2. The summed E-state index contributed by atoms with van der Waals surface area (Å²) >= 11 is 5.65. The number of carbonyl (C=O) groups is 1. The van der Waals surface area contributed by atoms with E-state index in [0.717, 1.165) is 0 Å². The lowest BCUT2D eigenvalue weighted by molar-refractivity contribution is -0.118. The number of ether oxygens (including phenoxy) is 3. The zero-order valence-electron chi connectivity index (χ0n) is 12.6. The largest absolute Gasteiger partial charge is 0.497 e. The molecule has 2 rings (SSSR count). The molecule has 1 N–H and O–H groups in total. The lowest BCUT2D eigenvalue weighted by Gasteiger charge is -2.12. The number of hydrogen-bond donors (Lipinski definition) is 1. The quantitative estimate of drug-likeness (QED) is 0.875. The van der Waals surface area contributed by atoms with Crippen LogP contribution >= 0.6 is 11.6 Å². The van der Waals surface area contributed by atoms with Crippen LogP contribution in [0.1, 0.15) is 0 Å². The molecule has 2 aromatic carbocycles. The average Bonchev–Trinajstić information content (AvgIpc) is 2.55. The second-order valence-electron chi connectivity index (χ2n) is 4.48. The molecule has 0 saturated heterocycles. The van der Waals surface area contributed by atoms with Crippen LogP contribution in [0.25, 0.3) is 0 Å². The maximum atomic E-state index is 13.0. The van der Waals surface area contributed by atoms with Crippen LogP contribution in [0.4, 0.5) is 10.1 Å². The molecule has 0 aliphatic rings. The highest BCUT2D eigenvalue weighted by atomic mass is 35.5. The lowest BCUT2D eigenvalue weighted by atomic mass is 10.2. The average molecular weight is 340 g/mol. The molecular formula is C16H15ClFNO4. The molecular weight excluding hydrogens is 325 g/mol. The van der Waals surface area contributed by atoms with Gasteiger partial charge in [-0.25, -0.2) is 4.39 Å². The van der Waals surface area contributed by atoms with Gasteiger partial charge in [0.15, 0.2) is 6.61 Å². The van der Waals surface area contributed by atoms with Gasteiger partial charge >= 0.3 is 0 Å². The third-order valence-electron chi connectivity index (χ3n) is 2.94. The van der Waals surface area contributed by atoms with Crippen LogP contribution in [0.2, 0.25) is 5.02 Å². The predicted molar refractivity (Wildman–Crippen MR) is 85.1 cm³/mol. The number of nitrogens with one attached hydrogen (secondary N) is 1. The Morgan fingerprint density at radius 3 is 2.52 bits per heavy atom. The van der Waals surface area contributed by atoms with Gasteiger partial charge < -0.3 is 19.5 Å². The van der Waals surface area contributed by atoms with E-state index in [2.05, 4.69) is 5.32 Å². The smallest absolute Gasteiger partial charge is 0.262 e. The number of carbonyl (C=O) groups excluding carboxylic acids is 1. The third kappa shape index (κ3) is 4.50. The Morgan fingerprint density at radius 1 is 1.13 bits per heavy atom. The SMILES string of the molecule is COc1ccc(OC)c(NC(=O)COc2ccc(F)c(Cl)c2)c1.